The average Bonchev–Trinajstić information content (AvgIpc) is 2.17. The molecular weight excluding hydrogens is 184 g/mol. The normalized spacial score (nSPS) is 11.4. The molecule has 74 valence electrons. The van der Waals surface area contributed by atoms with E-state index < -0.39 is 11.8 Å². The summed E-state index contributed by atoms with van der Waals surface area (Å²) in [6.45, 7) is 2.91. The average molecular weight is 195 g/mol. The van der Waals surface area contributed by atoms with Crippen molar-refractivity contribution >= 4 is 0 Å². The first-order chi connectivity index (χ1) is 6.48. The molecule has 1 nitrogen and oxygen atoms in total. The van der Waals surface area contributed by atoms with Crippen LogP contribution in [0.5, 0.6) is 0 Å². The third kappa shape index (κ3) is 1.90. The molecule has 0 saturated heterocycles. The number of halogens is 2. The van der Waals surface area contributed by atoms with Gasteiger partial charge in [0.15, 0.2) is 0 Å². The van der Waals surface area contributed by atoms with Gasteiger partial charge >= 0.3 is 0 Å². The number of hydrogen-bond acceptors (Lipinski definition) is 1. The van der Waals surface area contributed by atoms with Crippen LogP contribution in [0.1, 0.15) is 25.0 Å². The van der Waals surface area contributed by atoms with Gasteiger partial charge in [0.1, 0.15) is 0 Å². The molecule has 1 aromatic carbocycles. The van der Waals surface area contributed by atoms with Crippen LogP contribution in [-0.2, 0) is 5.92 Å². The van der Waals surface area contributed by atoms with Crippen LogP contribution in [0.3, 0.4) is 0 Å². The maximum absolute atomic E-state index is 13.5. The SMILES string of the molecule is CC(C)C(F)(F)c1cccc(C#N)c1. The summed E-state index contributed by atoms with van der Waals surface area (Å²) in [7, 11) is 0. The lowest BCUT2D eigenvalue weighted by atomic mass is 9.96. The zero-order valence-corrected chi connectivity index (χ0v) is 8.09. The maximum Gasteiger partial charge on any atom is 0.275 e. The minimum Gasteiger partial charge on any atom is -0.201 e. The molecule has 0 heterocycles. The van der Waals surface area contributed by atoms with Crippen molar-refractivity contribution in [1.82, 2.24) is 0 Å². The van der Waals surface area contributed by atoms with Crippen molar-refractivity contribution in [1.29, 1.82) is 5.26 Å². The molecular formula is C11H11F2N. The topological polar surface area (TPSA) is 23.8 Å². The van der Waals surface area contributed by atoms with E-state index >= 15 is 0 Å². The first-order valence-corrected chi connectivity index (χ1v) is 4.37. The van der Waals surface area contributed by atoms with Gasteiger partial charge < -0.3 is 0 Å². The van der Waals surface area contributed by atoms with Crippen LogP contribution in [0.25, 0.3) is 0 Å². The van der Waals surface area contributed by atoms with Gasteiger partial charge in [0.05, 0.1) is 11.6 Å². The molecule has 3 heteroatoms. The van der Waals surface area contributed by atoms with Crippen LogP contribution in [-0.4, -0.2) is 0 Å². The second kappa shape index (κ2) is 3.75. The van der Waals surface area contributed by atoms with Crippen molar-refractivity contribution in [2.24, 2.45) is 5.92 Å². The van der Waals surface area contributed by atoms with Crippen LogP contribution in [0.4, 0.5) is 8.78 Å². The van der Waals surface area contributed by atoms with Crippen LogP contribution >= 0.6 is 0 Å². The lowest BCUT2D eigenvalue weighted by molar-refractivity contribution is -0.0514. The Morgan fingerprint density at radius 2 is 2.00 bits per heavy atom. The van der Waals surface area contributed by atoms with E-state index in [1.165, 1.54) is 38.1 Å². The van der Waals surface area contributed by atoms with E-state index in [2.05, 4.69) is 0 Å². The van der Waals surface area contributed by atoms with E-state index in [4.69, 9.17) is 5.26 Å². The third-order valence-corrected chi connectivity index (χ3v) is 2.10. The Kier molecular flexibility index (Phi) is 2.85. The number of rotatable bonds is 2. The number of nitrogens with zero attached hydrogens (tertiary/aromatic N) is 1. The fourth-order valence-corrected chi connectivity index (χ4v) is 1.13. The smallest absolute Gasteiger partial charge is 0.201 e. The molecule has 0 saturated carbocycles. The summed E-state index contributed by atoms with van der Waals surface area (Å²) in [5, 5.41) is 8.57. The molecule has 0 bridgehead atoms. The number of benzene rings is 1. The lowest BCUT2D eigenvalue weighted by Gasteiger charge is -2.20. The minimum absolute atomic E-state index is 0.0912. The second-order valence-corrected chi connectivity index (χ2v) is 3.47. The largest absolute Gasteiger partial charge is 0.275 e. The molecule has 0 aliphatic heterocycles. The zero-order chi connectivity index (χ0) is 10.8. The van der Waals surface area contributed by atoms with Crippen LogP contribution in [0, 0.1) is 17.2 Å². The van der Waals surface area contributed by atoms with Crippen molar-refractivity contribution in [2.75, 3.05) is 0 Å². The van der Waals surface area contributed by atoms with Gasteiger partial charge in [-0.3, -0.25) is 0 Å². The first kappa shape index (κ1) is 10.6. The molecule has 14 heavy (non-hydrogen) atoms. The number of nitriles is 1. The van der Waals surface area contributed by atoms with Crippen LogP contribution in [0.2, 0.25) is 0 Å². The van der Waals surface area contributed by atoms with Gasteiger partial charge in [0, 0.05) is 11.5 Å². The van der Waals surface area contributed by atoms with E-state index in [-0.39, 0.29) is 11.1 Å². The Hall–Kier alpha value is -1.43. The maximum atomic E-state index is 13.5. The van der Waals surface area contributed by atoms with Gasteiger partial charge in [-0.1, -0.05) is 26.0 Å². The zero-order valence-electron chi connectivity index (χ0n) is 8.09. The molecule has 1 rings (SSSR count). The monoisotopic (exact) mass is 195 g/mol. The summed E-state index contributed by atoms with van der Waals surface area (Å²) in [6, 6.07) is 7.42. The Bertz CT molecular complexity index is 364. The Morgan fingerprint density at radius 1 is 1.36 bits per heavy atom. The fourth-order valence-electron chi connectivity index (χ4n) is 1.13. The van der Waals surface area contributed by atoms with Crippen molar-refractivity contribution in [2.45, 2.75) is 19.8 Å². The summed E-state index contributed by atoms with van der Waals surface area (Å²) < 4.78 is 27.0. The number of hydrogen-bond donors (Lipinski definition) is 0. The molecule has 0 amide bonds. The fraction of sp³-hybridized carbons (Fsp3) is 0.364. The highest BCUT2D eigenvalue weighted by Gasteiger charge is 2.35. The van der Waals surface area contributed by atoms with Crippen LogP contribution < -0.4 is 0 Å². The van der Waals surface area contributed by atoms with Gasteiger partial charge in [-0.25, -0.2) is 8.78 Å². The summed E-state index contributed by atoms with van der Waals surface area (Å²) in [5.74, 6) is -3.64. The highest BCUT2D eigenvalue weighted by atomic mass is 19.3. The van der Waals surface area contributed by atoms with Crippen molar-refractivity contribution in [3.05, 3.63) is 35.4 Å². The standard InChI is InChI=1S/C11H11F2N/c1-8(2)11(12,13)10-5-3-4-9(6-10)7-14/h3-6,8H,1-2H3. The van der Waals surface area contributed by atoms with E-state index in [1.54, 1.807) is 0 Å². The third-order valence-electron chi connectivity index (χ3n) is 2.10. The van der Waals surface area contributed by atoms with E-state index in [9.17, 15) is 8.78 Å². The van der Waals surface area contributed by atoms with Gasteiger partial charge in [-0.2, -0.15) is 5.26 Å². The second-order valence-electron chi connectivity index (χ2n) is 3.47. The predicted octanol–water partition coefficient (Wildman–Crippen LogP) is 3.31. The molecule has 0 unspecified atom stereocenters. The first-order valence-electron chi connectivity index (χ1n) is 4.37. The lowest BCUT2D eigenvalue weighted by Crippen LogP contribution is -2.20. The summed E-state index contributed by atoms with van der Waals surface area (Å²) in [6.07, 6.45) is 0. The molecule has 1 aromatic rings. The van der Waals surface area contributed by atoms with Crippen molar-refractivity contribution in [3.63, 3.8) is 0 Å². The molecule has 0 atom stereocenters. The van der Waals surface area contributed by atoms with Gasteiger partial charge in [0.25, 0.3) is 5.92 Å². The van der Waals surface area contributed by atoms with E-state index in [1.807, 2.05) is 6.07 Å². The molecule has 0 aromatic heterocycles. The Morgan fingerprint density at radius 3 is 2.50 bits per heavy atom. The quantitative estimate of drug-likeness (QED) is 0.710. The van der Waals surface area contributed by atoms with E-state index in [0.29, 0.717) is 0 Å². The summed E-state index contributed by atoms with van der Waals surface area (Å²) in [5.41, 5.74) is 0.175. The Labute approximate surface area is 82.0 Å². The molecule has 0 N–H and O–H groups in total. The highest BCUT2D eigenvalue weighted by molar-refractivity contribution is 5.34. The summed E-state index contributed by atoms with van der Waals surface area (Å²) in [4.78, 5) is 0. The highest BCUT2D eigenvalue weighted by Crippen LogP contribution is 2.35. The number of alkyl halides is 2. The minimum atomic E-state index is -2.87. The molecule has 0 spiro atoms. The molecule has 0 fully saturated rings. The predicted molar refractivity (Wildman–Crippen MR) is 49.9 cm³/mol. The van der Waals surface area contributed by atoms with Gasteiger partial charge in [0.2, 0.25) is 0 Å². The van der Waals surface area contributed by atoms with Crippen LogP contribution in [0.15, 0.2) is 24.3 Å². The molecule has 0 aliphatic carbocycles. The molecule has 0 radical (unpaired) electrons. The van der Waals surface area contributed by atoms with Crippen molar-refractivity contribution < 1.29 is 8.78 Å². The summed E-state index contributed by atoms with van der Waals surface area (Å²) >= 11 is 0. The molecule has 0 aliphatic rings. The van der Waals surface area contributed by atoms with Crippen molar-refractivity contribution in [3.8, 4) is 6.07 Å². The van der Waals surface area contributed by atoms with Gasteiger partial charge in [-0.15, -0.1) is 0 Å². The Balaban J connectivity index is 3.14. The van der Waals surface area contributed by atoms with Gasteiger partial charge in [-0.05, 0) is 12.1 Å². The van der Waals surface area contributed by atoms with E-state index in [0.717, 1.165) is 0 Å².